The average Bonchev–Trinajstić information content (AvgIpc) is 3.40. The lowest BCUT2D eigenvalue weighted by Crippen LogP contribution is -2.25. The van der Waals surface area contributed by atoms with Crippen molar-refractivity contribution < 1.29 is 14.4 Å². The molecule has 0 saturated heterocycles. The van der Waals surface area contributed by atoms with Crippen molar-refractivity contribution in [3.8, 4) is 0 Å². The number of aliphatic carboxylic acids is 1. The molecule has 0 amide bonds. The molecule has 160 valence electrons. The third kappa shape index (κ3) is 7.90. The first-order valence-electron chi connectivity index (χ1n) is 11.5. The summed E-state index contributed by atoms with van der Waals surface area (Å²) in [5, 5.41) is 16.8. The summed E-state index contributed by atoms with van der Waals surface area (Å²) in [4.78, 5) is 15.7. The standard InChI is InChI=1S/C20H33N3O3.C2H6/c24-19(25)13-16(10-6-9-15-7-2-1-3-8-15)20-22-18(23-26-20)14-21-17-11-4-5-12-17;1-2/h15-17,21H,1-14H2,(H,24,25);1-2H3/t16-;/m1./s1. The van der Waals surface area contributed by atoms with Gasteiger partial charge in [-0.15, -0.1) is 0 Å². The molecule has 1 aromatic heterocycles. The highest BCUT2D eigenvalue weighted by molar-refractivity contribution is 5.67. The van der Waals surface area contributed by atoms with Crippen LogP contribution < -0.4 is 5.32 Å². The number of rotatable bonds is 10. The molecule has 2 fully saturated rings. The molecule has 1 atom stereocenters. The molecule has 6 nitrogen and oxygen atoms in total. The van der Waals surface area contributed by atoms with Crippen LogP contribution in [0.3, 0.4) is 0 Å². The van der Waals surface area contributed by atoms with Crippen LogP contribution in [0.25, 0.3) is 0 Å². The molecule has 0 aromatic carbocycles. The van der Waals surface area contributed by atoms with Gasteiger partial charge in [0.1, 0.15) is 0 Å². The highest BCUT2D eigenvalue weighted by atomic mass is 16.5. The lowest BCUT2D eigenvalue weighted by Gasteiger charge is -2.21. The van der Waals surface area contributed by atoms with Crippen molar-refractivity contribution in [1.82, 2.24) is 15.5 Å². The van der Waals surface area contributed by atoms with E-state index in [1.165, 1.54) is 64.2 Å². The molecule has 1 heterocycles. The number of aromatic nitrogens is 2. The Labute approximate surface area is 169 Å². The average molecular weight is 394 g/mol. The molecule has 0 spiro atoms. The van der Waals surface area contributed by atoms with Gasteiger partial charge in [-0.05, 0) is 25.2 Å². The van der Waals surface area contributed by atoms with E-state index in [2.05, 4.69) is 15.5 Å². The van der Waals surface area contributed by atoms with Gasteiger partial charge in [0.25, 0.3) is 0 Å². The minimum Gasteiger partial charge on any atom is -0.481 e. The highest BCUT2D eigenvalue weighted by Gasteiger charge is 2.23. The largest absolute Gasteiger partial charge is 0.481 e. The van der Waals surface area contributed by atoms with E-state index in [9.17, 15) is 9.90 Å². The zero-order chi connectivity index (χ0) is 20.2. The van der Waals surface area contributed by atoms with Crippen molar-refractivity contribution in [2.24, 2.45) is 5.92 Å². The highest BCUT2D eigenvalue weighted by Crippen LogP contribution is 2.31. The molecule has 28 heavy (non-hydrogen) atoms. The SMILES string of the molecule is CC.O=C(O)C[C@@H](CCCC1CCCCC1)c1nc(CNC2CCCC2)no1. The maximum Gasteiger partial charge on any atom is 0.304 e. The van der Waals surface area contributed by atoms with Gasteiger partial charge in [-0.3, -0.25) is 4.79 Å². The van der Waals surface area contributed by atoms with E-state index in [0.717, 1.165) is 18.8 Å². The molecular weight excluding hydrogens is 354 g/mol. The van der Waals surface area contributed by atoms with Gasteiger partial charge in [0.15, 0.2) is 5.82 Å². The molecule has 2 saturated carbocycles. The summed E-state index contributed by atoms with van der Waals surface area (Å²) in [5.41, 5.74) is 0. The zero-order valence-corrected chi connectivity index (χ0v) is 17.8. The van der Waals surface area contributed by atoms with E-state index in [0.29, 0.717) is 24.3 Å². The molecule has 0 aliphatic heterocycles. The van der Waals surface area contributed by atoms with E-state index in [4.69, 9.17) is 4.52 Å². The Morgan fingerprint density at radius 3 is 2.50 bits per heavy atom. The molecule has 0 radical (unpaired) electrons. The van der Waals surface area contributed by atoms with Gasteiger partial charge in [-0.25, -0.2) is 0 Å². The number of nitrogens with zero attached hydrogens (tertiary/aromatic N) is 2. The van der Waals surface area contributed by atoms with Gasteiger partial charge in [-0.2, -0.15) is 4.98 Å². The molecule has 6 heteroatoms. The molecule has 0 bridgehead atoms. The smallest absolute Gasteiger partial charge is 0.304 e. The number of carboxylic acid groups (broad SMARTS) is 1. The molecule has 2 aliphatic carbocycles. The van der Waals surface area contributed by atoms with Crippen molar-refractivity contribution >= 4 is 5.97 Å². The second kappa shape index (κ2) is 12.9. The summed E-state index contributed by atoms with van der Waals surface area (Å²) in [6.45, 7) is 4.61. The third-order valence-electron chi connectivity index (χ3n) is 6.05. The number of carbonyl (C=O) groups is 1. The van der Waals surface area contributed by atoms with E-state index in [-0.39, 0.29) is 12.3 Å². The monoisotopic (exact) mass is 393 g/mol. The van der Waals surface area contributed by atoms with Gasteiger partial charge < -0.3 is 14.9 Å². The maximum atomic E-state index is 11.3. The van der Waals surface area contributed by atoms with E-state index < -0.39 is 5.97 Å². The first kappa shape index (κ1) is 22.9. The molecule has 3 rings (SSSR count). The van der Waals surface area contributed by atoms with Gasteiger partial charge in [-0.1, -0.05) is 76.8 Å². The Kier molecular flexibility index (Phi) is 10.5. The number of nitrogens with one attached hydrogen (secondary N) is 1. The van der Waals surface area contributed by atoms with Crippen LogP contribution in [0.15, 0.2) is 4.52 Å². The Balaban J connectivity index is 0.00000136. The number of carboxylic acids is 1. The first-order chi connectivity index (χ1) is 13.7. The first-order valence-corrected chi connectivity index (χ1v) is 11.5. The second-order valence-electron chi connectivity index (χ2n) is 8.14. The molecule has 1 aromatic rings. The normalized spacial score (nSPS) is 19.2. The topological polar surface area (TPSA) is 88.2 Å². The van der Waals surface area contributed by atoms with Gasteiger partial charge in [0, 0.05) is 12.0 Å². The van der Waals surface area contributed by atoms with Crippen LogP contribution in [-0.4, -0.2) is 27.3 Å². The fraction of sp³-hybridized carbons (Fsp3) is 0.864. The van der Waals surface area contributed by atoms with Crippen LogP contribution in [0, 0.1) is 5.92 Å². The molecule has 2 N–H and O–H groups in total. The summed E-state index contributed by atoms with van der Waals surface area (Å²) >= 11 is 0. The third-order valence-corrected chi connectivity index (χ3v) is 6.05. The summed E-state index contributed by atoms with van der Waals surface area (Å²) in [7, 11) is 0. The number of hydrogen-bond donors (Lipinski definition) is 2. The summed E-state index contributed by atoms with van der Waals surface area (Å²) in [6.07, 6.45) is 14.9. The fourth-order valence-corrected chi connectivity index (χ4v) is 4.52. The second-order valence-corrected chi connectivity index (χ2v) is 8.14. The summed E-state index contributed by atoms with van der Waals surface area (Å²) in [6, 6.07) is 0.558. The lowest BCUT2D eigenvalue weighted by molar-refractivity contribution is -0.137. The minimum atomic E-state index is -0.795. The Hall–Kier alpha value is -1.43. The summed E-state index contributed by atoms with van der Waals surface area (Å²) < 4.78 is 5.42. The molecular formula is C22H39N3O3. The quantitative estimate of drug-likeness (QED) is 0.550. The van der Waals surface area contributed by atoms with Crippen LogP contribution in [0.4, 0.5) is 0 Å². The minimum absolute atomic E-state index is 0.0718. The number of hydrogen-bond acceptors (Lipinski definition) is 5. The predicted octanol–water partition coefficient (Wildman–Crippen LogP) is 5.44. The van der Waals surface area contributed by atoms with E-state index in [1.807, 2.05) is 13.8 Å². The van der Waals surface area contributed by atoms with Crippen LogP contribution in [0.5, 0.6) is 0 Å². The van der Waals surface area contributed by atoms with Crippen molar-refractivity contribution in [2.75, 3.05) is 0 Å². The van der Waals surface area contributed by atoms with Crippen LogP contribution in [-0.2, 0) is 11.3 Å². The van der Waals surface area contributed by atoms with Crippen molar-refractivity contribution in [2.45, 2.75) is 116 Å². The van der Waals surface area contributed by atoms with Gasteiger partial charge in [0.2, 0.25) is 5.89 Å². The Morgan fingerprint density at radius 2 is 1.82 bits per heavy atom. The zero-order valence-electron chi connectivity index (χ0n) is 17.8. The van der Waals surface area contributed by atoms with E-state index in [1.54, 1.807) is 0 Å². The lowest BCUT2D eigenvalue weighted by atomic mass is 9.84. The van der Waals surface area contributed by atoms with Gasteiger partial charge >= 0.3 is 5.97 Å². The van der Waals surface area contributed by atoms with Crippen molar-refractivity contribution in [1.29, 1.82) is 0 Å². The Bertz CT molecular complexity index is 549. The van der Waals surface area contributed by atoms with Crippen molar-refractivity contribution in [3.05, 3.63) is 11.7 Å². The Morgan fingerprint density at radius 1 is 1.14 bits per heavy atom. The van der Waals surface area contributed by atoms with Crippen LogP contribution >= 0.6 is 0 Å². The van der Waals surface area contributed by atoms with Crippen LogP contribution in [0.1, 0.15) is 115 Å². The summed E-state index contributed by atoms with van der Waals surface area (Å²) in [5.74, 6) is 1.01. The van der Waals surface area contributed by atoms with Gasteiger partial charge in [0.05, 0.1) is 13.0 Å². The molecule has 2 aliphatic rings. The van der Waals surface area contributed by atoms with Crippen LogP contribution in [0.2, 0.25) is 0 Å². The fourth-order valence-electron chi connectivity index (χ4n) is 4.52. The molecule has 0 unspecified atom stereocenters. The maximum absolute atomic E-state index is 11.3. The predicted molar refractivity (Wildman–Crippen MR) is 110 cm³/mol. The van der Waals surface area contributed by atoms with E-state index >= 15 is 0 Å². The van der Waals surface area contributed by atoms with Crippen molar-refractivity contribution in [3.63, 3.8) is 0 Å².